The lowest BCUT2D eigenvalue weighted by molar-refractivity contribution is 0.270. The largest absolute Gasteiger partial charge is 0.490 e. The monoisotopic (exact) mass is 434 g/mol. The highest BCUT2D eigenvalue weighted by molar-refractivity contribution is 6.32. The lowest BCUT2D eigenvalue weighted by Crippen LogP contribution is -2.13. The minimum atomic E-state index is 0.387. The molecule has 0 unspecified atom stereocenters. The second kappa shape index (κ2) is 9.44. The van der Waals surface area contributed by atoms with Crippen LogP contribution in [0, 0.1) is 6.92 Å². The van der Waals surface area contributed by atoms with E-state index in [1.807, 2.05) is 42.5 Å². The van der Waals surface area contributed by atoms with Crippen molar-refractivity contribution in [2.75, 3.05) is 6.61 Å². The molecule has 0 amide bonds. The number of rotatable bonds is 8. The van der Waals surface area contributed by atoms with Gasteiger partial charge in [-0.05, 0) is 54.3 Å². The molecule has 0 bridgehead atoms. The predicted octanol–water partition coefficient (Wildman–Crippen LogP) is 6.78. The SMILES string of the molecule is Cc1ccc(C(C)C)c(OCc2nc3ccccc3n2CCOc2ccccc2Cl)c1. The average molecular weight is 435 g/mol. The Morgan fingerprint density at radius 1 is 0.935 bits per heavy atom. The van der Waals surface area contributed by atoms with E-state index >= 15 is 0 Å². The van der Waals surface area contributed by atoms with Crippen molar-refractivity contribution >= 4 is 22.6 Å². The summed E-state index contributed by atoms with van der Waals surface area (Å²) in [5.41, 5.74) is 4.40. The van der Waals surface area contributed by atoms with Gasteiger partial charge in [0.25, 0.3) is 0 Å². The smallest absolute Gasteiger partial charge is 0.148 e. The lowest BCUT2D eigenvalue weighted by Gasteiger charge is -2.16. The summed E-state index contributed by atoms with van der Waals surface area (Å²) in [5.74, 6) is 2.87. The molecule has 1 heterocycles. The van der Waals surface area contributed by atoms with Crippen LogP contribution < -0.4 is 9.47 Å². The number of hydrogen-bond donors (Lipinski definition) is 0. The first-order valence-electron chi connectivity index (χ1n) is 10.6. The molecular formula is C26H27ClN2O2. The van der Waals surface area contributed by atoms with Gasteiger partial charge < -0.3 is 14.0 Å². The molecule has 0 saturated carbocycles. The molecule has 0 aliphatic rings. The standard InChI is InChI=1S/C26H27ClN2O2/c1-18(2)20-13-12-19(3)16-25(20)31-17-26-28-22-9-5-6-10-23(22)29(26)14-15-30-24-11-7-4-8-21(24)27/h4-13,16,18H,14-15,17H2,1-3H3. The first-order valence-corrected chi connectivity index (χ1v) is 11.0. The molecule has 0 atom stereocenters. The lowest BCUT2D eigenvalue weighted by atomic mass is 10.0. The minimum absolute atomic E-state index is 0.387. The Morgan fingerprint density at radius 2 is 1.71 bits per heavy atom. The highest BCUT2D eigenvalue weighted by atomic mass is 35.5. The summed E-state index contributed by atoms with van der Waals surface area (Å²) in [4.78, 5) is 4.82. The molecule has 4 nitrogen and oxygen atoms in total. The Kier molecular flexibility index (Phi) is 6.47. The zero-order chi connectivity index (χ0) is 21.8. The molecule has 0 aliphatic carbocycles. The molecule has 5 heteroatoms. The van der Waals surface area contributed by atoms with Crippen LogP contribution in [-0.4, -0.2) is 16.2 Å². The molecule has 3 aromatic carbocycles. The van der Waals surface area contributed by atoms with Gasteiger partial charge in [-0.15, -0.1) is 0 Å². The van der Waals surface area contributed by atoms with E-state index in [9.17, 15) is 0 Å². The van der Waals surface area contributed by atoms with Crippen molar-refractivity contribution in [3.8, 4) is 11.5 Å². The van der Waals surface area contributed by atoms with E-state index in [1.54, 1.807) is 0 Å². The number of hydrogen-bond acceptors (Lipinski definition) is 3. The summed E-state index contributed by atoms with van der Waals surface area (Å²) in [6, 6.07) is 22.0. The van der Waals surface area contributed by atoms with Gasteiger partial charge in [-0.25, -0.2) is 4.98 Å². The van der Waals surface area contributed by atoms with E-state index in [0.29, 0.717) is 36.4 Å². The maximum Gasteiger partial charge on any atom is 0.148 e. The van der Waals surface area contributed by atoms with Gasteiger partial charge in [0.05, 0.1) is 22.6 Å². The van der Waals surface area contributed by atoms with Crippen molar-refractivity contribution in [2.45, 2.75) is 39.8 Å². The number of benzene rings is 3. The highest BCUT2D eigenvalue weighted by Crippen LogP contribution is 2.29. The Morgan fingerprint density at radius 3 is 2.52 bits per heavy atom. The Bertz CT molecular complexity index is 1180. The molecule has 0 N–H and O–H groups in total. The third kappa shape index (κ3) is 4.86. The number of para-hydroxylation sites is 3. The highest BCUT2D eigenvalue weighted by Gasteiger charge is 2.14. The van der Waals surface area contributed by atoms with Crippen LogP contribution in [0.5, 0.6) is 11.5 Å². The number of imidazole rings is 1. The van der Waals surface area contributed by atoms with Gasteiger partial charge >= 0.3 is 0 Å². The summed E-state index contributed by atoms with van der Waals surface area (Å²) in [5, 5.41) is 0.613. The van der Waals surface area contributed by atoms with Gasteiger partial charge in [0.1, 0.15) is 30.5 Å². The maximum atomic E-state index is 6.27. The summed E-state index contributed by atoms with van der Waals surface area (Å²) >= 11 is 6.22. The average Bonchev–Trinajstić information content (AvgIpc) is 3.11. The van der Waals surface area contributed by atoms with Gasteiger partial charge in [-0.2, -0.15) is 0 Å². The van der Waals surface area contributed by atoms with Crippen LogP contribution in [0.25, 0.3) is 11.0 Å². The van der Waals surface area contributed by atoms with Crippen molar-refractivity contribution in [3.05, 3.63) is 88.7 Å². The number of nitrogens with zero attached hydrogens (tertiary/aromatic N) is 2. The van der Waals surface area contributed by atoms with Crippen LogP contribution in [0.15, 0.2) is 66.7 Å². The number of fused-ring (bicyclic) bond motifs is 1. The Balaban J connectivity index is 1.56. The van der Waals surface area contributed by atoms with Gasteiger partial charge in [0.2, 0.25) is 0 Å². The molecule has 0 spiro atoms. The van der Waals surface area contributed by atoms with Gasteiger partial charge in [0.15, 0.2) is 0 Å². The van der Waals surface area contributed by atoms with Crippen molar-refractivity contribution in [2.24, 2.45) is 0 Å². The van der Waals surface area contributed by atoms with E-state index in [-0.39, 0.29) is 0 Å². The van der Waals surface area contributed by atoms with Crippen molar-refractivity contribution in [1.29, 1.82) is 0 Å². The second-order valence-electron chi connectivity index (χ2n) is 7.93. The molecule has 0 fully saturated rings. The van der Waals surface area contributed by atoms with E-state index in [4.69, 9.17) is 26.1 Å². The predicted molar refractivity (Wildman–Crippen MR) is 126 cm³/mol. The third-order valence-electron chi connectivity index (χ3n) is 5.29. The third-order valence-corrected chi connectivity index (χ3v) is 5.60. The molecular weight excluding hydrogens is 408 g/mol. The Labute approximate surface area is 188 Å². The molecule has 4 rings (SSSR count). The zero-order valence-electron chi connectivity index (χ0n) is 18.1. The van der Waals surface area contributed by atoms with Crippen molar-refractivity contribution in [3.63, 3.8) is 0 Å². The van der Waals surface area contributed by atoms with Crippen LogP contribution in [0.2, 0.25) is 5.02 Å². The van der Waals surface area contributed by atoms with E-state index in [0.717, 1.165) is 22.6 Å². The molecule has 0 aliphatic heterocycles. The van der Waals surface area contributed by atoms with Crippen LogP contribution >= 0.6 is 11.6 Å². The molecule has 31 heavy (non-hydrogen) atoms. The van der Waals surface area contributed by atoms with Crippen LogP contribution in [0.4, 0.5) is 0 Å². The summed E-state index contributed by atoms with van der Waals surface area (Å²) in [6.45, 7) is 7.97. The fourth-order valence-corrected chi connectivity index (χ4v) is 3.87. The molecule has 0 radical (unpaired) electrons. The minimum Gasteiger partial charge on any atom is -0.490 e. The summed E-state index contributed by atoms with van der Waals surface area (Å²) in [7, 11) is 0. The van der Waals surface area contributed by atoms with Crippen LogP contribution in [-0.2, 0) is 13.2 Å². The number of ether oxygens (including phenoxy) is 2. The fourth-order valence-electron chi connectivity index (χ4n) is 3.68. The van der Waals surface area contributed by atoms with Crippen molar-refractivity contribution < 1.29 is 9.47 Å². The van der Waals surface area contributed by atoms with Gasteiger partial charge in [0, 0.05) is 0 Å². The van der Waals surface area contributed by atoms with E-state index in [1.165, 1.54) is 11.1 Å². The normalized spacial score (nSPS) is 11.3. The quantitative estimate of drug-likeness (QED) is 0.306. The first kappa shape index (κ1) is 21.3. The number of aromatic nitrogens is 2. The van der Waals surface area contributed by atoms with E-state index < -0.39 is 0 Å². The maximum absolute atomic E-state index is 6.27. The van der Waals surface area contributed by atoms with Gasteiger partial charge in [-0.3, -0.25) is 0 Å². The fraction of sp³-hybridized carbons (Fsp3) is 0.269. The second-order valence-corrected chi connectivity index (χ2v) is 8.34. The first-order chi connectivity index (χ1) is 15.0. The number of aryl methyl sites for hydroxylation is 1. The molecule has 1 aromatic heterocycles. The van der Waals surface area contributed by atoms with Crippen LogP contribution in [0.1, 0.15) is 36.7 Å². The van der Waals surface area contributed by atoms with E-state index in [2.05, 4.69) is 49.6 Å². The summed E-state index contributed by atoms with van der Waals surface area (Å²) < 4.78 is 14.4. The van der Waals surface area contributed by atoms with Crippen molar-refractivity contribution in [1.82, 2.24) is 9.55 Å². The zero-order valence-corrected chi connectivity index (χ0v) is 18.9. The van der Waals surface area contributed by atoms with Gasteiger partial charge in [-0.1, -0.05) is 61.8 Å². The molecule has 4 aromatic rings. The number of halogens is 1. The molecule has 160 valence electrons. The Hall–Kier alpha value is -2.98. The summed E-state index contributed by atoms with van der Waals surface area (Å²) in [6.07, 6.45) is 0. The van der Waals surface area contributed by atoms with Crippen LogP contribution in [0.3, 0.4) is 0 Å². The topological polar surface area (TPSA) is 36.3 Å². The molecule has 0 saturated heterocycles.